The van der Waals surface area contributed by atoms with Gasteiger partial charge in [0.05, 0.1) is 17.1 Å². The van der Waals surface area contributed by atoms with E-state index in [2.05, 4.69) is 59.4 Å². The lowest BCUT2D eigenvalue weighted by Gasteiger charge is -2.23. The number of aryl methyl sites for hydroxylation is 1. The lowest BCUT2D eigenvalue weighted by Crippen LogP contribution is -2.42. The van der Waals surface area contributed by atoms with Crippen LogP contribution >= 0.6 is 11.6 Å². The molecule has 3 aromatic rings. The van der Waals surface area contributed by atoms with Crippen LogP contribution in [0.2, 0.25) is 5.02 Å². The van der Waals surface area contributed by atoms with E-state index in [-0.39, 0.29) is 11.9 Å². The quantitative estimate of drug-likeness (QED) is 0.304. The molecule has 0 bridgehead atoms. The molecule has 0 radical (unpaired) electrons. The van der Waals surface area contributed by atoms with E-state index in [4.69, 9.17) is 16.0 Å². The Morgan fingerprint density at radius 1 is 1.09 bits per heavy atom. The minimum absolute atomic E-state index is 0.177. The van der Waals surface area contributed by atoms with E-state index in [1.807, 2.05) is 18.2 Å². The molecule has 35 heavy (non-hydrogen) atoms. The fraction of sp³-hybridized carbons (Fsp3) is 0.393. The Labute approximate surface area is 212 Å². The Morgan fingerprint density at radius 3 is 2.63 bits per heavy atom. The van der Waals surface area contributed by atoms with Crippen molar-refractivity contribution in [1.29, 1.82) is 0 Å². The fourth-order valence-electron chi connectivity index (χ4n) is 4.28. The van der Waals surface area contributed by atoms with Crippen molar-refractivity contribution in [3.8, 4) is 11.3 Å². The summed E-state index contributed by atoms with van der Waals surface area (Å²) in [6, 6.07) is 18.6. The van der Waals surface area contributed by atoms with Crippen LogP contribution in [0.5, 0.6) is 0 Å². The number of rotatable bonds is 10. The number of amides is 1. The number of hydrogen-bond acceptors (Lipinski definition) is 5. The SMILES string of the molecule is Cc1ccc([C@@H](C)NCc2ccc(-c3ccc(Cl)c(C(=O)NCCNC4CCNCC4)c3)o2)cc1. The zero-order valence-corrected chi connectivity index (χ0v) is 21.3. The minimum atomic E-state index is -0.177. The molecule has 7 heteroatoms. The number of piperidine rings is 1. The summed E-state index contributed by atoms with van der Waals surface area (Å²) in [5, 5.41) is 13.8. The minimum Gasteiger partial charge on any atom is -0.460 e. The van der Waals surface area contributed by atoms with Crippen LogP contribution < -0.4 is 21.3 Å². The van der Waals surface area contributed by atoms with Gasteiger partial charge in [0.25, 0.3) is 5.91 Å². The summed E-state index contributed by atoms with van der Waals surface area (Å²) in [7, 11) is 0. The van der Waals surface area contributed by atoms with E-state index in [0.717, 1.165) is 43.8 Å². The maximum Gasteiger partial charge on any atom is 0.252 e. The van der Waals surface area contributed by atoms with Crippen molar-refractivity contribution in [2.45, 2.75) is 45.3 Å². The lowest BCUT2D eigenvalue weighted by molar-refractivity contribution is 0.0953. The number of benzene rings is 2. The van der Waals surface area contributed by atoms with Gasteiger partial charge in [0, 0.05) is 30.7 Å². The second-order valence-electron chi connectivity index (χ2n) is 9.21. The molecule has 6 nitrogen and oxygen atoms in total. The van der Waals surface area contributed by atoms with E-state index < -0.39 is 0 Å². The molecule has 4 rings (SSSR count). The molecule has 1 amide bonds. The standard InChI is InChI=1S/C28H35ClN4O2/c1-19-3-5-21(6-4-19)20(2)33-18-24-8-10-27(35-24)22-7-9-26(29)25(17-22)28(34)32-16-15-31-23-11-13-30-14-12-23/h3-10,17,20,23,30-31,33H,11-16,18H2,1-2H3,(H,32,34)/t20-/m1/s1. The van der Waals surface area contributed by atoms with Gasteiger partial charge in [0.2, 0.25) is 0 Å². The summed E-state index contributed by atoms with van der Waals surface area (Å²) < 4.78 is 6.06. The largest absolute Gasteiger partial charge is 0.460 e. The summed E-state index contributed by atoms with van der Waals surface area (Å²) >= 11 is 6.35. The molecule has 2 aromatic carbocycles. The molecular weight excluding hydrogens is 460 g/mol. The van der Waals surface area contributed by atoms with E-state index in [1.165, 1.54) is 11.1 Å². The Kier molecular flexibility index (Phi) is 8.99. The number of hydrogen-bond donors (Lipinski definition) is 4. The first-order valence-corrected chi connectivity index (χ1v) is 12.8. The highest BCUT2D eigenvalue weighted by Crippen LogP contribution is 2.27. The first kappa shape index (κ1) is 25.5. The molecule has 2 heterocycles. The van der Waals surface area contributed by atoms with Gasteiger partial charge in [-0.2, -0.15) is 0 Å². The molecule has 0 unspecified atom stereocenters. The van der Waals surface area contributed by atoms with Crippen molar-refractivity contribution >= 4 is 17.5 Å². The van der Waals surface area contributed by atoms with Gasteiger partial charge < -0.3 is 25.7 Å². The predicted octanol–water partition coefficient (Wildman–Crippen LogP) is 4.83. The average molecular weight is 495 g/mol. The third-order valence-corrected chi connectivity index (χ3v) is 6.83. The Morgan fingerprint density at radius 2 is 1.86 bits per heavy atom. The Hall–Kier alpha value is -2.64. The zero-order chi connectivity index (χ0) is 24.6. The molecule has 1 aliphatic rings. The number of nitrogens with one attached hydrogen (secondary N) is 4. The number of furan rings is 1. The predicted molar refractivity (Wildman–Crippen MR) is 142 cm³/mol. The smallest absolute Gasteiger partial charge is 0.252 e. The van der Waals surface area contributed by atoms with E-state index in [9.17, 15) is 4.79 Å². The molecule has 0 saturated carbocycles. The van der Waals surface area contributed by atoms with Crippen LogP contribution in [0.25, 0.3) is 11.3 Å². The van der Waals surface area contributed by atoms with Crippen LogP contribution in [0.4, 0.5) is 0 Å². The van der Waals surface area contributed by atoms with E-state index >= 15 is 0 Å². The van der Waals surface area contributed by atoms with Crippen LogP contribution in [0.1, 0.15) is 53.1 Å². The zero-order valence-electron chi connectivity index (χ0n) is 20.5. The summed E-state index contributed by atoms with van der Waals surface area (Å²) in [4.78, 5) is 12.8. The van der Waals surface area contributed by atoms with Gasteiger partial charge in [-0.1, -0.05) is 41.4 Å². The molecule has 1 fully saturated rings. The normalized spacial score (nSPS) is 15.2. The van der Waals surface area contributed by atoms with Gasteiger partial charge in [0.1, 0.15) is 11.5 Å². The highest BCUT2D eigenvalue weighted by Gasteiger charge is 2.15. The lowest BCUT2D eigenvalue weighted by atomic mass is 10.1. The van der Waals surface area contributed by atoms with Crippen molar-refractivity contribution in [2.24, 2.45) is 0 Å². The summed E-state index contributed by atoms with van der Waals surface area (Å²) in [5.74, 6) is 1.37. The Balaban J connectivity index is 1.31. The van der Waals surface area contributed by atoms with Crippen molar-refractivity contribution in [3.63, 3.8) is 0 Å². The van der Waals surface area contributed by atoms with Crippen LogP contribution in [0, 0.1) is 6.92 Å². The highest BCUT2D eigenvalue weighted by atomic mass is 35.5. The van der Waals surface area contributed by atoms with Crippen LogP contribution in [-0.4, -0.2) is 38.1 Å². The number of carbonyl (C=O) groups excluding carboxylic acids is 1. The van der Waals surface area contributed by atoms with Crippen LogP contribution in [0.3, 0.4) is 0 Å². The summed E-state index contributed by atoms with van der Waals surface area (Å²) in [5.41, 5.74) is 3.77. The second-order valence-corrected chi connectivity index (χ2v) is 9.62. The number of halogens is 1. The van der Waals surface area contributed by atoms with Gasteiger partial charge in [0.15, 0.2) is 0 Å². The van der Waals surface area contributed by atoms with Crippen LogP contribution in [0.15, 0.2) is 59.0 Å². The molecular formula is C28H35ClN4O2. The maximum absolute atomic E-state index is 12.8. The van der Waals surface area contributed by atoms with Crippen molar-refractivity contribution in [2.75, 3.05) is 26.2 Å². The first-order valence-electron chi connectivity index (χ1n) is 12.4. The summed E-state index contributed by atoms with van der Waals surface area (Å²) in [6.45, 7) is 8.22. The maximum atomic E-state index is 12.8. The third-order valence-electron chi connectivity index (χ3n) is 6.50. The van der Waals surface area contributed by atoms with Crippen molar-refractivity contribution in [3.05, 3.63) is 82.1 Å². The van der Waals surface area contributed by atoms with Gasteiger partial charge in [-0.05, 0) is 75.7 Å². The fourth-order valence-corrected chi connectivity index (χ4v) is 4.48. The van der Waals surface area contributed by atoms with Crippen LogP contribution in [-0.2, 0) is 6.54 Å². The third kappa shape index (κ3) is 7.18. The highest BCUT2D eigenvalue weighted by molar-refractivity contribution is 6.34. The molecule has 0 spiro atoms. The molecule has 4 N–H and O–H groups in total. The average Bonchev–Trinajstić information content (AvgIpc) is 3.35. The van der Waals surface area contributed by atoms with Gasteiger partial charge in [-0.15, -0.1) is 0 Å². The monoisotopic (exact) mass is 494 g/mol. The summed E-state index contributed by atoms with van der Waals surface area (Å²) in [6.07, 6.45) is 2.24. The van der Waals surface area contributed by atoms with E-state index in [1.54, 1.807) is 12.1 Å². The topological polar surface area (TPSA) is 78.3 Å². The molecule has 186 valence electrons. The number of carbonyl (C=O) groups is 1. The molecule has 1 atom stereocenters. The molecule has 1 aromatic heterocycles. The Bertz CT molecular complexity index is 1110. The van der Waals surface area contributed by atoms with Gasteiger partial charge >= 0.3 is 0 Å². The van der Waals surface area contributed by atoms with Gasteiger partial charge in [-0.3, -0.25) is 4.79 Å². The van der Waals surface area contributed by atoms with Gasteiger partial charge in [-0.25, -0.2) is 0 Å². The molecule has 0 aliphatic carbocycles. The van der Waals surface area contributed by atoms with E-state index in [0.29, 0.717) is 35.5 Å². The second kappa shape index (κ2) is 12.4. The molecule has 1 aliphatic heterocycles. The van der Waals surface area contributed by atoms with Crippen molar-refractivity contribution in [1.82, 2.24) is 21.3 Å². The van der Waals surface area contributed by atoms with Crippen molar-refractivity contribution < 1.29 is 9.21 Å². The first-order chi connectivity index (χ1) is 17.0. The molecule has 1 saturated heterocycles.